The molecule has 0 atom stereocenters. The highest BCUT2D eigenvalue weighted by molar-refractivity contribution is 7.11. The van der Waals surface area contributed by atoms with Crippen molar-refractivity contribution >= 4 is 11.3 Å². The van der Waals surface area contributed by atoms with Gasteiger partial charge >= 0.3 is 0 Å². The molecule has 0 aromatic carbocycles. The van der Waals surface area contributed by atoms with Gasteiger partial charge in [-0.1, -0.05) is 6.92 Å². The first-order valence-corrected chi connectivity index (χ1v) is 6.43. The molecule has 3 heteroatoms. The van der Waals surface area contributed by atoms with Crippen molar-refractivity contribution in [2.75, 3.05) is 0 Å². The van der Waals surface area contributed by atoms with E-state index in [0.29, 0.717) is 0 Å². The Balaban J connectivity index is 1.79. The van der Waals surface area contributed by atoms with Gasteiger partial charge in [0.1, 0.15) is 11.5 Å². The summed E-state index contributed by atoms with van der Waals surface area (Å²) in [6.07, 6.45) is 1.13. The number of aryl methyl sites for hydroxylation is 2. The summed E-state index contributed by atoms with van der Waals surface area (Å²) in [5.41, 5.74) is 0. The maximum atomic E-state index is 5.49. The van der Waals surface area contributed by atoms with Crippen molar-refractivity contribution in [2.45, 2.75) is 33.4 Å². The second kappa shape index (κ2) is 5.32. The molecule has 0 spiro atoms. The van der Waals surface area contributed by atoms with Crippen molar-refractivity contribution in [1.29, 1.82) is 0 Å². The van der Waals surface area contributed by atoms with Crippen molar-refractivity contribution in [1.82, 2.24) is 5.32 Å². The second-order valence-electron chi connectivity index (χ2n) is 3.84. The molecule has 0 radical (unpaired) electrons. The van der Waals surface area contributed by atoms with Gasteiger partial charge in [-0.3, -0.25) is 0 Å². The van der Waals surface area contributed by atoms with Gasteiger partial charge in [-0.15, -0.1) is 11.3 Å². The van der Waals surface area contributed by atoms with Gasteiger partial charge in [0.2, 0.25) is 0 Å². The number of hydrogen-bond donors (Lipinski definition) is 1. The molecule has 2 heterocycles. The van der Waals surface area contributed by atoms with Crippen LogP contribution in [0.2, 0.25) is 0 Å². The predicted octanol–water partition coefficient (Wildman–Crippen LogP) is 3.50. The lowest BCUT2D eigenvalue weighted by Gasteiger charge is -1.99. The Bertz CT molecular complexity index is 444. The topological polar surface area (TPSA) is 25.2 Å². The lowest BCUT2D eigenvalue weighted by molar-refractivity contribution is 0.462. The van der Waals surface area contributed by atoms with Gasteiger partial charge in [0.15, 0.2) is 0 Å². The third kappa shape index (κ3) is 2.97. The third-order valence-corrected chi connectivity index (χ3v) is 3.69. The van der Waals surface area contributed by atoms with Gasteiger partial charge in [0.05, 0.1) is 6.54 Å². The molecule has 0 saturated carbocycles. The van der Waals surface area contributed by atoms with E-state index in [1.54, 1.807) is 0 Å². The van der Waals surface area contributed by atoms with Crippen LogP contribution < -0.4 is 5.32 Å². The van der Waals surface area contributed by atoms with Crippen LogP contribution in [0.4, 0.5) is 0 Å². The molecular weight excluding hydrogens is 218 g/mol. The largest absolute Gasteiger partial charge is 0.465 e. The van der Waals surface area contributed by atoms with E-state index in [1.807, 2.05) is 30.4 Å². The zero-order valence-corrected chi connectivity index (χ0v) is 10.6. The third-order valence-electron chi connectivity index (χ3n) is 2.46. The summed E-state index contributed by atoms with van der Waals surface area (Å²) in [5, 5.41) is 3.39. The molecule has 0 bridgehead atoms. The molecule has 2 aromatic rings. The van der Waals surface area contributed by atoms with E-state index in [1.165, 1.54) is 9.75 Å². The van der Waals surface area contributed by atoms with Gasteiger partial charge in [-0.05, 0) is 37.6 Å². The summed E-state index contributed by atoms with van der Waals surface area (Å²) >= 11 is 1.88. The summed E-state index contributed by atoms with van der Waals surface area (Å²) in [6.45, 7) is 5.88. The van der Waals surface area contributed by atoms with Crippen LogP contribution in [0, 0.1) is 6.92 Å². The molecule has 0 aliphatic carbocycles. The molecule has 2 rings (SSSR count). The second-order valence-corrected chi connectivity index (χ2v) is 5.09. The van der Waals surface area contributed by atoms with E-state index in [0.717, 1.165) is 31.0 Å². The summed E-state index contributed by atoms with van der Waals surface area (Å²) in [6, 6.07) is 8.42. The fourth-order valence-corrected chi connectivity index (χ4v) is 2.52. The Morgan fingerprint density at radius 1 is 1.12 bits per heavy atom. The van der Waals surface area contributed by atoms with Crippen LogP contribution in [-0.2, 0) is 19.5 Å². The highest BCUT2D eigenvalue weighted by atomic mass is 32.1. The van der Waals surface area contributed by atoms with Gasteiger partial charge in [0.25, 0.3) is 0 Å². The van der Waals surface area contributed by atoms with E-state index < -0.39 is 0 Å². The molecular formula is C13H17NOS. The highest BCUT2D eigenvalue weighted by Gasteiger charge is 2.00. The summed E-state index contributed by atoms with van der Waals surface area (Å²) in [7, 11) is 0. The molecule has 0 amide bonds. The van der Waals surface area contributed by atoms with E-state index >= 15 is 0 Å². The standard InChI is InChI=1S/C13H17NOS/c1-3-12-6-7-13(16-12)9-14-8-11-5-4-10(2)15-11/h4-7,14H,3,8-9H2,1-2H3. The molecule has 2 aromatic heterocycles. The number of thiophene rings is 1. The van der Waals surface area contributed by atoms with Gasteiger partial charge in [-0.2, -0.15) is 0 Å². The molecule has 0 aliphatic heterocycles. The number of hydrogen-bond acceptors (Lipinski definition) is 3. The first kappa shape index (κ1) is 11.4. The molecule has 0 fully saturated rings. The quantitative estimate of drug-likeness (QED) is 0.858. The molecule has 0 saturated heterocycles. The smallest absolute Gasteiger partial charge is 0.117 e. The first-order chi connectivity index (χ1) is 7.78. The molecule has 0 aliphatic rings. The van der Waals surface area contributed by atoms with Gasteiger partial charge < -0.3 is 9.73 Å². The zero-order chi connectivity index (χ0) is 11.4. The Morgan fingerprint density at radius 2 is 1.94 bits per heavy atom. The summed E-state index contributed by atoms with van der Waals surface area (Å²) in [5.74, 6) is 1.98. The van der Waals surface area contributed by atoms with Crippen LogP contribution in [0.5, 0.6) is 0 Å². The van der Waals surface area contributed by atoms with E-state index in [4.69, 9.17) is 4.42 Å². The molecule has 86 valence electrons. The first-order valence-electron chi connectivity index (χ1n) is 5.61. The van der Waals surface area contributed by atoms with Gasteiger partial charge in [0, 0.05) is 16.3 Å². The van der Waals surface area contributed by atoms with Crippen LogP contribution in [0.25, 0.3) is 0 Å². The Hall–Kier alpha value is -1.06. The highest BCUT2D eigenvalue weighted by Crippen LogP contribution is 2.16. The predicted molar refractivity (Wildman–Crippen MR) is 67.7 cm³/mol. The fraction of sp³-hybridized carbons (Fsp3) is 0.385. The number of furan rings is 1. The van der Waals surface area contributed by atoms with Crippen molar-refractivity contribution in [3.8, 4) is 0 Å². The average Bonchev–Trinajstić information content (AvgIpc) is 2.88. The molecule has 2 nitrogen and oxygen atoms in total. The van der Waals surface area contributed by atoms with Crippen molar-refractivity contribution in [2.24, 2.45) is 0 Å². The monoisotopic (exact) mass is 235 g/mol. The maximum absolute atomic E-state index is 5.49. The normalized spacial score (nSPS) is 10.9. The van der Waals surface area contributed by atoms with E-state index in [2.05, 4.69) is 24.4 Å². The maximum Gasteiger partial charge on any atom is 0.117 e. The SMILES string of the molecule is CCc1ccc(CNCc2ccc(C)o2)s1. The fourth-order valence-electron chi connectivity index (χ4n) is 1.60. The summed E-state index contributed by atoms with van der Waals surface area (Å²) < 4.78 is 5.49. The molecule has 0 unspecified atom stereocenters. The zero-order valence-electron chi connectivity index (χ0n) is 9.75. The summed E-state index contributed by atoms with van der Waals surface area (Å²) in [4.78, 5) is 2.84. The Labute approximate surface area is 100 Å². The lowest BCUT2D eigenvalue weighted by atomic mass is 10.3. The van der Waals surface area contributed by atoms with Crippen molar-refractivity contribution < 1.29 is 4.42 Å². The number of rotatable bonds is 5. The Kier molecular flexibility index (Phi) is 3.80. The molecule has 1 N–H and O–H groups in total. The van der Waals surface area contributed by atoms with Crippen molar-refractivity contribution in [3.05, 3.63) is 45.5 Å². The minimum Gasteiger partial charge on any atom is -0.465 e. The minimum absolute atomic E-state index is 0.799. The van der Waals surface area contributed by atoms with Crippen LogP contribution >= 0.6 is 11.3 Å². The van der Waals surface area contributed by atoms with Gasteiger partial charge in [-0.25, -0.2) is 0 Å². The lowest BCUT2D eigenvalue weighted by Crippen LogP contribution is -2.10. The van der Waals surface area contributed by atoms with Crippen LogP contribution in [-0.4, -0.2) is 0 Å². The minimum atomic E-state index is 0.799. The van der Waals surface area contributed by atoms with Crippen LogP contribution in [0.1, 0.15) is 28.2 Å². The van der Waals surface area contributed by atoms with Crippen LogP contribution in [0.15, 0.2) is 28.7 Å². The van der Waals surface area contributed by atoms with E-state index in [9.17, 15) is 0 Å². The number of nitrogens with one attached hydrogen (secondary N) is 1. The van der Waals surface area contributed by atoms with E-state index in [-0.39, 0.29) is 0 Å². The Morgan fingerprint density at radius 3 is 2.56 bits per heavy atom. The average molecular weight is 235 g/mol. The van der Waals surface area contributed by atoms with Crippen molar-refractivity contribution in [3.63, 3.8) is 0 Å². The van der Waals surface area contributed by atoms with Crippen LogP contribution in [0.3, 0.4) is 0 Å². The molecule has 16 heavy (non-hydrogen) atoms.